The van der Waals surface area contributed by atoms with E-state index in [4.69, 9.17) is 28.9 Å². The molecule has 1 aromatic heterocycles. The topological polar surface area (TPSA) is 58.3 Å². The van der Waals surface area contributed by atoms with E-state index in [-0.39, 0.29) is 5.95 Å². The van der Waals surface area contributed by atoms with Crippen LogP contribution in [0.5, 0.6) is 0 Å². The van der Waals surface area contributed by atoms with E-state index in [9.17, 15) is 0 Å². The number of hydrogen-bond donors (Lipinski definition) is 1. The van der Waals surface area contributed by atoms with Gasteiger partial charge in [-0.15, -0.1) is 0 Å². The van der Waals surface area contributed by atoms with Crippen LogP contribution in [0.25, 0.3) is 0 Å². The first-order valence-electron chi connectivity index (χ1n) is 7.62. The van der Waals surface area contributed by atoms with Crippen molar-refractivity contribution in [2.24, 2.45) is 0 Å². The average molecular weight is 352 g/mol. The fourth-order valence-corrected chi connectivity index (χ4v) is 3.10. The Hall–Kier alpha value is -1.56. The second-order valence-electron chi connectivity index (χ2n) is 5.65. The zero-order valence-corrected chi connectivity index (χ0v) is 14.3. The maximum atomic E-state index is 5.98. The van der Waals surface area contributed by atoms with Crippen molar-refractivity contribution < 1.29 is 0 Å². The lowest BCUT2D eigenvalue weighted by Gasteiger charge is -2.23. The van der Waals surface area contributed by atoms with Crippen molar-refractivity contribution in [3.05, 3.63) is 46.1 Å². The Labute approximate surface area is 146 Å². The van der Waals surface area contributed by atoms with Crippen LogP contribution in [0, 0.1) is 0 Å². The summed E-state index contributed by atoms with van der Waals surface area (Å²) >= 11 is 11.9. The van der Waals surface area contributed by atoms with Gasteiger partial charge in [0.05, 0.1) is 0 Å². The van der Waals surface area contributed by atoms with E-state index in [0.717, 1.165) is 50.0 Å². The Morgan fingerprint density at radius 2 is 1.78 bits per heavy atom. The summed E-state index contributed by atoms with van der Waals surface area (Å²) in [6.45, 7) is 4.76. The monoisotopic (exact) mass is 351 g/mol. The van der Waals surface area contributed by atoms with Crippen LogP contribution in [-0.4, -0.2) is 41.0 Å². The van der Waals surface area contributed by atoms with Crippen molar-refractivity contribution >= 4 is 35.0 Å². The normalized spacial score (nSPS) is 16.3. The molecular formula is C16H19Cl2N5. The van der Waals surface area contributed by atoms with E-state index in [1.807, 2.05) is 12.1 Å². The molecule has 1 fully saturated rings. The lowest BCUT2D eigenvalue weighted by Crippen LogP contribution is -2.31. The predicted octanol–water partition coefficient (Wildman–Crippen LogP) is 3.08. The Balaban J connectivity index is 1.63. The second-order valence-corrected chi connectivity index (χ2v) is 6.47. The molecule has 0 atom stereocenters. The van der Waals surface area contributed by atoms with Crippen molar-refractivity contribution in [2.45, 2.75) is 13.0 Å². The van der Waals surface area contributed by atoms with Gasteiger partial charge in [0.25, 0.3) is 0 Å². The minimum absolute atomic E-state index is 0.217. The molecule has 5 nitrogen and oxygen atoms in total. The van der Waals surface area contributed by atoms with Gasteiger partial charge in [0.1, 0.15) is 11.0 Å². The molecule has 0 amide bonds. The van der Waals surface area contributed by atoms with Crippen molar-refractivity contribution in [1.82, 2.24) is 14.9 Å². The summed E-state index contributed by atoms with van der Waals surface area (Å²) in [7, 11) is 0. The second kappa shape index (κ2) is 7.34. The molecule has 7 heteroatoms. The number of nitrogens with zero attached hydrogens (tertiary/aromatic N) is 4. The largest absolute Gasteiger partial charge is 0.368 e. The fourth-order valence-electron chi connectivity index (χ4n) is 2.79. The summed E-state index contributed by atoms with van der Waals surface area (Å²) in [5.41, 5.74) is 6.97. The average Bonchev–Trinajstić information content (AvgIpc) is 2.74. The molecular weight excluding hydrogens is 333 g/mol. The quantitative estimate of drug-likeness (QED) is 0.861. The summed E-state index contributed by atoms with van der Waals surface area (Å²) < 4.78 is 0. The molecule has 1 saturated heterocycles. The molecule has 0 bridgehead atoms. The van der Waals surface area contributed by atoms with Crippen molar-refractivity contribution in [3.8, 4) is 0 Å². The third-order valence-electron chi connectivity index (χ3n) is 3.93. The highest BCUT2D eigenvalue weighted by Gasteiger charge is 2.17. The van der Waals surface area contributed by atoms with E-state index >= 15 is 0 Å². The van der Waals surface area contributed by atoms with Crippen LogP contribution >= 0.6 is 23.2 Å². The first-order valence-corrected chi connectivity index (χ1v) is 8.37. The lowest BCUT2D eigenvalue weighted by molar-refractivity contribution is 0.285. The minimum atomic E-state index is 0.217. The van der Waals surface area contributed by atoms with Gasteiger partial charge in [-0.25, -0.2) is 4.98 Å². The molecule has 2 aromatic rings. The number of nitrogens with two attached hydrogens (primary N) is 1. The van der Waals surface area contributed by atoms with Crippen LogP contribution in [0.1, 0.15) is 12.0 Å². The van der Waals surface area contributed by atoms with E-state index in [0.29, 0.717) is 5.15 Å². The Morgan fingerprint density at radius 1 is 1.00 bits per heavy atom. The number of aromatic nitrogens is 2. The molecule has 1 aromatic carbocycles. The van der Waals surface area contributed by atoms with Crippen molar-refractivity contribution in [3.63, 3.8) is 0 Å². The first-order chi connectivity index (χ1) is 11.1. The van der Waals surface area contributed by atoms with Gasteiger partial charge in [-0.1, -0.05) is 35.3 Å². The summed E-state index contributed by atoms with van der Waals surface area (Å²) in [6, 6.07) is 9.80. The van der Waals surface area contributed by atoms with E-state index in [1.165, 1.54) is 5.56 Å². The first kappa shape index (κ1) is 16.3. The van der Waals surface area contributed by atoms with Crippen molar-refractivity contribution in [2.75, 3.05) is 36.8 Å². The van der Waals surface area contributed by atoms with Gasteiger partial charge in [0.2, 0.25) is 5.95 Å². The highest BCUT2D eigenvalue weighted by Crippen LogP contribution is 2.19. The molecule has 1 aliphatic rings. The van der Waals surface area contributed by atoms with Crippen LogP contribution in [0.15, 0.2) is 30.3 Å². The van der Waals surface area contributed by atoms with Crippen LogP contribution in [-0.2, 0) is 6.54 Å². The number of hydrogen-bond acceptors (Lipinski definition) is 5. The third-order valence-corrected chi connectivity index (χ3v) is 4.38. The molecule has 122 valence electrons. The molecule has 0 saturated carbocycles. The Morgan fingerprint density at radius 3 is 2.52 bits per heavy atom. The summed E-state index contributed by atoms with van der Waals surface area (Å²) in [4.78, 5) is 12.9. The smallest absolute Gasteiger partial charge is 0.223 e. The zero-order chi connectivity index (χ0) is 16.2. The highest BCUT2D eigenvalue weighted by atomic mass is 35.5. The lowest BCUT2D eigenvalue weighted by atomic mass is 10.2. The SMILES string of the molecule is Nc1nc(Cl)cc(N2CCCN(Cc3ccc(Cl)cc3)CC2)n1. The molecule has 0 unspecified atom stereocenters. The van der Waals surface area contributed by atoms with Gasteiger partial charge in [-0.05, 0) is 24.1 Å². The van der Waals surface area contributed by atoms with Gasteiger partial charge < -0.3 is 10.6 Å². The molecule has 0 spiro atoms. The maximum Gasteiger partial charge on any atom is 0.223 e. The van der Waals surface area contributed by atoms with Gasteiger partial charge in [0, 0.05) is 43.8 Å². The van der Waals surface area contributed by atoms with Crippen LogP contribution in [0.2, 0.25) is 10.2 Å². The van der Waals surface area contributed by atoms with Gasteiger partial charge >= 0.3 is 0 Å². The number of benzene rings is 1. The predicted molar refractivity (Wildman–Crippen MR) is 95.0 cm³/mol. The minimum Gasteiger partial charge on any atom is -0.368 e. The number of rotatable bonds is 3. The van der Waals surface area contributed by atoms with E-state index < -0.39 is 0 Å². The molecule has 3 rings (SSSR count). The fraction of sp³-hybridized carbons (Fsp3) is 0.375. The van der Waals surface area contributed by atoms with Crippen molar-refractivity contribution in [1.29, 1.82) is 0 Å². The summed E-state index contributed by atoms with van der Waals surface area (Å²) in [5.74, 6) is 1.02. The van der Waals surface area contributed by atoms with E-state index in [1.54, 1.807) is 6.07 Å². The van der Waals surface area contributed by atoms with Crippen LogP contribution < -0.4 is 10.6 Å². The van der Waals surface area contributed by atoms with E-state index in [2.05, 4.69) is 31.9 Å². The number of anilines is 2. The molecule has 0 radical (unpaired) electrons. The molecule has 23 heavy (non-hydrogen) atoms. The molecule has 2 N–H and O–H groups in total. The van der Waals surface area contributed by atoms with Crippen LogP contribution in [0.3, 0.4) is 0 Å². The zero-order valence-electron chi connectivity index (χ0n) is 12.8. The van der Waals surface area contributed by atoms with Crippen LogP contribution in [0.4, 0.5) is 11.8 Å². The Kier molecular flexibility index (Phi) is 5.20. The van der Waals surface area contributed by atoms with Gasteiger partial charge in [-0.3, -0.25) is 4.90 Å². The molecule has 0 aliphatic carbocycles. The summed E-state index contributed by atoms with van der Waals surface area (Å²) in [5, 5.41) is 1.16. The Bertz CT molecular complexity index is 642. The molecule has 2 heterocycles. The summed E-state index contributed by atoms with van der Waals surface area (Å²) in [6.07, 6.45) is 1.06. The standard InChI is InChI=1S/C16H19Cl2N5/c17-13-4-2-12(3-5-13)11-22-6-1-7-23(9-8-22)15-10-14(18)20-16(19)21-15/h2-5,10H,1,6-9,11H2,(H2,19,20,21). The number of halogens is 2. The maximum absolute atomic E-state index is 5.98. The number of nitrogen functional groups attached to an aromatic ring is 1. The third kappa shape index (κ3) is 4.47. The van der Waals surface area contributed by atoms with Gasteiger partial charge in [0.15, 0.2) is 0 Å². The molecule has 1 aliphatic heterocycles. The highest BCUT2D eigenvalue weighted by molar-refractivity contribution is 6.30. The van der Waals surface area contributed by atoms with Gasteiger partial charge in [-0.2, -0.15) is 4.98 Å².